The van der Waals surface area contributed by atoms with Crippen molar-refractivity contribution in [2.45, 2.75) is 6.92 Å². The number of hydrogen-bond acceptors (Lipinski definition) is 3. The molecular weight excluding hydrogens is 216 g/mol. The summed E-state index contributed by atoms with van der Waals surface area (Å²) in [7, 11) is 1.77. The summed E-state index contributed by atoms with van der Waals surface area (Å²) in [4.78, 5) is 24.0. The van der Waals surface area contributed by atoms with Crippen LogP contribution in [0, 0.1) is 6.92 Å². The minimum absolute atomic E-state index is 0.441. The lowest BCUT2D eigenvalue weighted by molar-refractivity contribution is 0.0815. The number of aromatic nitrogens is 2. The molecule has 84 valence electrons. The van der Waals surface area contributed by atoms with E-state index in [9.17, 15) is 9.59 Å². The maximum absolute atomic E-state index is 12.0. The molecule has 0 N–H and O–H groups in total. The van der Waals surface area contributed by atoms with E-state index >= 15 is 0 Å². The molecule has 0 atom stereocenters. The normalized spacial score (nSPS) is 13.5. The third-order valence-electron chi connectivity index (χ3n) is 3.19. The molecule has 0 amide bonds. The van der Waals surface area contributed by atoms with Gasteiger partial charge in [0.15, 0.2) is 0 Å². The van der Waals surface area contributed by atoms with Crippen LogP contribution in [0.4, 0.5) is 0 Å². The van der Waals surface area contributed by atoms with Gasteiger partial charge in [0.25, 0.3) is 0 Å². The fourth-order valence-corrected chi connectivity index (χ4v) is 2.19. The summed E-state index contributed by atoms with van der Waals surface area (Å²) in [5.74, 6) is -0.895. The van der Waals surface area contributed by atoms with Crippen molar-refractivity contribution in [3.63, 3.8) is 0 Å². The van der Waals surface area contributed by atoms with Crippen molar-refractivity contribution in [1.82, 2.24) is 9.78 Å². The van der Waals surface area contributed by atoms with E-state index in [0.717, 1.165) is 11.3 Å². The molecule has 4 heteroatoms. The second-order valence-corrected chi connectivity index (χ2v) is 4.14. The van der Waals surface area contributed by atoms with Gasteiger partial charge in [-0.05, 0) is 6.92 Å². The minimum Gasteiger partial charge on any atom is -0.285 e. The van der Waals surface area contributed by atoms with Gasteiger partial charge in [0.2, 0.25) is 11.6 Å². The molecule has 0 aliphatic heterocycles. The molecule has 17 heavy (non-hydrogen) atoms. The average molecular weight is 226 g/mol. The molecule has 0 bridgehead atoms. The number of carbonyl (C=O) groups excluding carboxylic acids is 2. The van der Waals surface area contributed by atoms with Crippen LogP contribution in [0.15, 0.2) is 24.3 Å². The highest BCUT2D eigenvalue weighted by molar-refractivity contribution is 6.53. The van der Waals surface area contributed by atoms with Gasteiger partial charge in [-0.15, -0.1) is 0 Å². The summed E-state index contributed by atoms with van der Waals surface area (Å²) in [5, 5.41) is 4.32. The highest BCUT2D eigenvalue weighted by Crippen LogP contribution is 2.33. The molecule has 0 fully saturated rings. The molecule has 3 rings (SSSR count). The van der Waals surface area contributed by atoms with E-state index < -0.39 is 11.6 Å². The smallest absolute Gasteiger partial charge is 0.237 e. The van der Waals surface area contributed by atoms with Crippen LogP contribution < -0.4 is 0 Å². The molecule has 1 aliphatic carbocycles. The van der Waals surface area contributed by atoms with Crippen molar-refractivity contribution in [2.75, 3.05) is 0 Å². The van der Waals surface area contributed by atoms with Gasteiger partial charge >= 0.3 is 0 Å². The summed E-state index contributed by atoms with van der Waals surface area (Å²) in [6, 6.07) is 7.09. The zero-order chi connectivity index (χ0) is 12.2. The van der Waals surface area contributed by atoms with Gasteiger partial charge in [-0.3, -0.25) is 14.3 Å². The first-order valence-corrected chi connectivity index (χ1v) is 5.33. The van der Waals surface area contributed by atoms with Gasteiger partial charge in [-0.25, -0.2) is 0 Å². The van der Waals surface area contributed by atoms with Crippen LogP contribution in [0.3, 0.4) is 0 Å². The Bertz CT molecular complexity index is 668. The van der Waals surface area contributed by atoms with E-state index in [4.69, 9.17) is 0 Å². The molecule has 0 saturated heterocycles. The van der Waals surface area contributed by atoms with Gasteiger partial charge < -0.3 is 0 Å². The van der Waals surface area contributed by atoms with Crippen LogP contribution in [0.2, 0.25) is 0 Å². The standard InChI is InChI=1S/C13H10N2O2/c1-7-10-11(14-15(7)2)8-5-3-4-6-9(8)12(16)13(10)17/h3-6H,1-2H3. The fraction of sp³-hybridized carbons (Fsp3) is 0.154. The first kappa shape index (κ1) is 9.96. The second kappa shape index (κ2) is 3.13. The lowest BCUT2D eigenvalue weighted by atomic mass is 9.87. The Kier molecular flexibility index (Phi) is 1.84. The number of aryl methyl sites for hydroxylation is 1. The monoisotopic (exact) mass is 226 g/mol. The molecule has 0 saturated carbocycles. The lowest BCUT2D eigenvalue weighted by Crippen LogP contribution is -2.21. The topological polar surface area (TPSA) is 52.0 Å². The molecule has 0 unspecified atom stereocenters. The molecule has 1 aromatic heterocycles. The molecule has 4 nitrogen and oxygen atoms in total. The van der Waals surface area contributed by atoms with Crippen molar-refractivity contribution in [2.24, 2.45) is 7.05 Å². The van der Waals surface area contributed by atoms with Crippen molar-refractivity contribution < 1.29 is 9.59 Å². The van der Waals surface area contributed by atoms with Crippen molar-refractivity contribution in [3.8, 4) is 11.3 Å². The Hall–Kier alpha value is -2.23. The molecule has 2 aromatic rings. The van der Waals surface area contributed by atoms with Crippen LogP contribution in [-0.2, 0) is 7.05 Å². The summed E-state index contributed by atoms with van der Waals surface area (Å²) < 4.78 is 1.64. The van der Waals surface area contributed by atoms with E-state index in [-0.39, 0.29) is 0 Å². The summed E-state index contributed by atoms with van der Waals surface area (Å²) in [5.41, 5.74) is 2.98. The van der Waals surface area contributed by atoms with Gasteiger partial charge in [0.05, 0.1) is 5.56 Å². The molecule has 0 spiro atoms. The van der Waals surface area contributed by atoms with E-state index in [1.807, 2.05) is 12.1 Å². The third-order valence-corrected chi connectivity index (χ3v) is 3.19. The Balaban J connectivity index is 2.44. The molecule has 1 aromatic carbocycles. The van der Waals surface area contributed by atoms with Gasteiger partial charge in [0, 0.05) is 23.9 Å². The third kappa shape index (κ3) is 1.15. The molecule has 1 aliphatic rings. The fourth-order valence-electron chi connectivity index (χ4n) is 2.19. The number of rotatable bonds is 0. The number of fused-ring (bicyclic) bond motifs is 3. The van der Waals surface area contributed by atoms with Crippen molar-refractivity contribution in [1.29, 1.82) is 0 Å². The van der Waals surface area contributed by atoms with Gasteiger partial charge in [-0.2, -0.15) is 5.10 Å². The first-order valence-electron chi connectivity index (χ1n) is 5.33. The lowest BCUT2D eigenvalue weighted by Gasteiger charge is -2.12. The average Bonchev–Trinajstić information content (AvgIpc) is 2.63. The van der Waals surface area contributed by atoms with E-state index in [2.05, 4.69) is 5.10 Å². The van der Waals surface area contributed by atoms with Crippen LogP contribution in [0.1, 0.15) is 26.4 Å². The summed E-state index contributed by atoms with van der Waals surface area (Å²) >= 11 is 0. The molecule has 0 radical (unpaired) electrons. The Morgan fingerprint density at radius 1 is 1.06 bits per heavy atom. The number of benzene rings is 1. The minimum atomic E-state index is -0.454. The zero-order valence-electron chi connectivity index (χ0n) is 9.52. The molecular formula is C13H10N2O2. The van der Waals surface area contributed by atoms with Crippen molar-refractivity contribution >= 4 is 11.6 Å². The van der Waals surface area contributed by atoms with Crippen molar-refractivity contribution in [3.05, 3.63) is 41.1 Å². The molecule has 1 heterocycles. The van der Waals surface area contributed by atoms with E-state index in [1.165, 1.54) is 0 Å². The van der Waals surface area contributed by atoms with Crippen LogP contribution >= 0.6 is 0 Å². The first-order chi connectivity index (χ1) is 8.11. The SMILES string of the molecule is Cc1c2c(nn1C)-c1ccccc1C(=O)C2=O. The largest absolute Gasteiger partial charge is 0.285 e. The predicted molar refractivity (Wildman–Crippen MR) is 62.0 cm³/mol. The van der Waals surface area contributed by atoms with Crippen LogP contribution in [0.25, 0.3) is 11.3 Å². The Morgan fingerprint density at radius 3 is 2.41 bits per heavy atom. The number of Topliss-reactive ketones (excluding diaryl/α,β-unsaturated/α-hetero) is 2. The second-order valence-electron chi connectivity index (χ2n) is 4.14. The Morgan fingerprint density at radius 2 is 1.71 bits per heavy atom. The summed E-state index contributed by atoms with van der Waals surface area (Å²) in [6.07, 6.45) is 0. The quantitative estimate of drug-likeness (QED) is 0.643. The highest BCUT2D eigenvalue weighted by atomic mass is 16.2. The zero-order valence-corrected chi connectivity index (χ0v) is 9.52. The van der Waals surface area contributed by atoms with E-state index in [0.29, 0.717) is 16.8 Å². The van der Waals surface area contributed by atoms with Gasteiger partial charge in [-0.1, -0.05) is 24.3 Å². The van der Waals surface area contributed by atoms with Gasteiger partial charge in [0.1, 0.15) is 5.69 Å². The maximum atomic E-state index is 12.0. The Labute approximate surface area is 97.9 Å². The summed E-state index contributed by atoms with van der Waals surface area (Å²) in [6.45, 7) is 1.80. The number of ketones is 2. The predicted octanol–water partition coefficient (Wildman–Crippen LogP) is 1.77. The number of hydrogen-bond donors (Lipinski definition) is 0. The van der Waals surface area contributed by atoms with Crippen LogP contribution in [0.5, 0.6) is 0 Å². The number of nitrogens with zero attached hydrogens (tertiary/aromatic N) is 2. The van der Waals surface area contributed by atoms with Crippen LogP contribution in [-0.4, -0.2) is 21.3 Å². The maximum Gasteiger partial charge on any atom is 0.237 e. The van der Waals surface area contributed by atoms with E-state index in [1.54, 1.807) is 30.8 Å². The number of carbonyl (C=O) groups is 2. The highest BCUT2D eigenvalue weighted by Gasteiger charge is 2.34.